The van der Waals surface area contributed by atoms with E-state index >= 15 is 0 Å². The lowest BCUT2D eigenvalue weighted by molar-refractivity contribution is 0.398. The van der Waals surface area contributed by atoms with Crippen LogP contribution in [0.3, 0.4) is 0 Å². The van der Waals surface area contributed by atoms with Crippen LogP contribution in [0.1, 0.15) is 22.6 Å². The number of hydrogen-bond acceptors (Lipinski definition) is 3. The van der Waals surface area contributed by atoms with Gasteiger partial charge in [-0.3, -0.25) is 0 Å². The summed E-state index contributed by atoms with van der Waals surface area (Å²) in [6, 6.07) is 25.1. The molecule has 0 amide bonds. The van der Waals surface area contributed by atoms with Crippen molar-refractivity contribution >= 4 is 5.69 Å². The van der Waals surface area contributed by atoms with Gasteiger partial charge < -0.3 is 14.4 Å². The fourth-order valence-electron chi connectivity index (χ4n) is 3.23. The third-order valence-corrected chi connectivity index (χ3v) is 4.62. The third-order valence-electron chi connectivity index (χ3n) is 4.62. The monoisotopic (exact) mass is 347 g/mol. The molecule has 0 aromatic heterocycles. The van der Waals surface area contributed by atoms with Gasteiger partial charge in [0, 0.05) is 31.3 Å². The van der Waals surface area contributed by atoms with Crippen LogP contribution in [0.5, 0.6) is 11.5 Å². The Balaban J connectivity index is 2.16. The van der Waals surface area contributed by atoms with Crippen LogP contribution in [-0.2, 0) is 0 Å². The molecule has 1 unspecified atom stereocenters. The SMILES string of the molecule is COc1ccc(OC)c(C(c2ccccc2)c2ccc(N(C)C)cc2)c1. The maximum atomic E-state index is 5.67. The fourth-order valence-corrected chi connectivity index (χ4v) is 3.23. The van der Waals surface area contributed by atoms with Gasteiger partial charge in [-0.05, 0) is 41.5 Å². The molecule has 0 spiro atoms. The Hall–Kier alpha value is -2.94. The number of hydrogen-bond donors (Lipinski definition) is 0. The highest BCUT2D eigenvalue weighted by Crippen LogP contribution is 2.39. The summed E-state index contributed by atoms with van der Waals surface area (Å²) >= 11 is 0. The number of anilines is 1. The second-order valence-corrected chi connectivity index (χ2v) is 6.44. The molecular formula is C23H25NO2. The Bertz CT molecular complexity index is 842. The molecule has 26 heavy (non-hydrogen) atoms. The van der Waals surface area contributed by atoms with Gasteiger partial charge in [-0.1, -0.05) is 42.5 Å². The first-order valence-corrected chi connectivity index (χ1v) is 8.68. The number of ether oxygens (including phenoxy) is 2. The number of nitrogens with zero attached hydrogens (tertiary/aromatic N) is 1. The van der Waals surface area contributed by atoms with E-state index in [1.807, 2.05) is 18.2 Å². The average molecular weight is 347 g/mol. The molecule has 0 aliphatic carbocycles. The molecule has 0 aliphatic heterocycles. The molecule has 3 aromatic rings. The van der Waals surface area contributed by atoms with Gasteiger partial charge in [-0.25, -0.2) is 0 Å². The average Bonchev–Trinajstić information content (AvgIpc) is 2.69. The summed E-state index contributed by atoms with van der Waals surface area (Å²) < 4.78 is 11.1. The zero-order valence-electron chi connectivity index (χ0n) is 15.8. The molecule has 134 valence electrons. The van der Waals surface area contributed by atoms with Gasteiger partial charge in [0.25, 0.3) is 0 Å². The molecular weight excluding hydrogens is 322 g/mol. The van der Waals surface area contributed by atoms with Crippen LogP contribution in [-0.4, -0.2) is 28.3 Å². The first kappa shape index (κ1) is 17.9. The topological polar surface area (TPSA) is 21.7 Å². The molecule has 0 N–H and O–H groups in total. The lowest BCUT2D eigenvalue weighted by Crippen LogP contribution is -2.09. The van der Waals surface area contributed by atoms with Crippen molar-refractivity contribution in [2.75, 3.05) is 33.2 Å². The Kier molecular flexibility index (Phi) is 5.47. The molecule has 3 nitrogen and oxygen atoms in total. The van der Waals surface area contributed by atoms with E-state index in [9.17, 15) is 0 Å². The summed E-state index contributed by atoms with van der Waals surface area (Å²) in [6.07, 6.45) is 0. The summed E-state index contributed by atoms with van der Waals surface area (Å²) in [5, 5.41) is 0. The fraction of sp³-hybridized carbons (Fsp3) is 0.217. The summed E-state index contributed by atoms with van der Waals surface area (Å²) in [7, 11) is 7.50. The van der Waals surface area contributed by atoms with E-state index in [0.717, 1.165) is 17.1 Å². The molecule has 3 rings (SSSR count). The van der Waals surface area contributed by atoms with Crippen LogP contribution < -0.4 is 14.4 Å². The highest BCUT2D eigenvalue weighted by Gasteiger charge is 2.21. The van der Waals surface area contributed by atoms with Crippen LogP contribution in [0, 0.1) is 0 Å². The van der Waals surface area contributed by atoms with E-state index < -0.39 is 0 Å². The van der Waals surface area contributed by atoms with Crippen molar-refractivity contribution < 1.29 is 9.47 Å². The Labute approximate surface area is 155 Å². The second-order valence-electron chi connectivity index (χ2n) is 6.44. The Morgan fingerprint density at radius 2 is 1.38 bits per heavy atom. The van der Waals surface area contributed by atoms with Crippen molar-refractivity contribution in [3.05, 3.63) is 89.5 Å². The first-order chi connectivity index (χ1) is 12.6. The van der Waals surface area contributed by atoms with E-state index in [0.29, 0.717) is 0 Å². The van der Waals surface area contributed by atoms with Gasteiger partial charge in [0.1, 0.15) is 11.5 Å². The van der Waals surface area contributed by atoms with Crippen LogP contribution in [0.4, 0.5) is 5.69 Å². The lowest BCUT2D eigenvalue weighted by Gasteiger charge is -2.23. The molecule has 1 atom stereocenters. The molecule has 3 heteroatoms. The number of rotatable bonds is 6. The lowest BCUT2D eigenvalue weighted by atomic mass is 9.84. The molecule has 3 aromatic carbocycles. The van der Waals surface area contributed by atoms with E-state index in [1.165, 1.54) is 16.8 Å². The molecule has 0 heterocycles. The number of benzene rings is 3. The van der Waals surface area contributed by atoms with Gasteiger partial charge in [0.2, 0.25) is 0 Å². The second kappa shape index (κ2) is 7.96. The molecule has 0 bridgehead atoms. The minimum absolute atomic E-state index is 0.0671. The third kappa shape index (κ3) is 3.67. The van der Waals surface area contributed by atoms with E-state index in [-0.39, 0.29) is 5.92 Å². The Morgan fingerprint density at radius 1 is 0.731 bits per heavy atom. The molecule has 0 aliphatic rings. The molecule has 0 saturated heterocycles. The normalized spacial score (nSPS) is 11.7. The molecule has 0 fully saturated rings. The van der Waals surface area contributed by atoms with E-state index in [4.69, 9.17) is 9.47 Å². The highest BCUT2D eigenvalue weighted by atomic mass is 16.5. The van der Waals surface area contributed by atoms with Gasteiger partial charge in [0.05, 0.1) is 14.2 Å². The first-order valence-electron chi connectivity index (χ1n) is 8.68. The summed E-state index contributed by atoms with van der Waals surface area (Å²) in [5.74, 6) is 1.75. The zero-order valence-corrected chi connectivity index (χ0v) is 15.8. The predicted octanol–water partition coefficient (Wildman–Crippen LogP) is 4.95. The van der Waals surface area contributed by atoms with Crippen molar-refractivity contribution in [3.63, 3.8) is 0 Å². The van der Waals surface area contributed by atoms with Crippen LogP contribution in [0.25, 0.3) is 0 Å². The van der Waals surface area contributed by atoms with Crippen molar-refractivity contribution in [3.8, 4) is 11.5 Å². The van der Waals surface area contributed by atoms with Gasteiger partial charge in [-0.15, -0.1) is 0 Å². The van der Waals surface area contributed by atoms with Crippen molar-refractivity contribution in [2.24, 2.45) is 0 Å². The van der Waals surface area contributed by atoms with Crippen molar-refractivity contribution in [1.29, 1.82) is 0 Å². The van der Waals surface area contributed by atoms with E-state index in [2.05, 4.69) is 73.6 Å². The number of methoxy groups -OCH3 is 2. The standard InChI is InChI=1S/C23H25NO2/c1-24(2)19-12-10-18(11-13-19)23(17-8-6-5-7-9-17)21-16-20(25-3)14-15-22(21)26-4/h5-16,23H,1-4H3. The zero-order chi connectivity index (χ0) is 18.5. The van der Waals surface area contributed by atoms with Crippen LogP contribution in [0.2, 0.25) is 0 Å². The van der Waals surface area contributed by atoms with Gasteiger partial charge >= 0.3 is 0 Å². The summed E-state index contributed by atoms with van der Waals surface area (Å²) in [4.78, 5) is 2.10. The maximum absolute atomic E-state index is 5.67. The predicted molar refractivity (Wildman–Crippen MR) is 108 cm³/mol. The van der Waals surface area contributed by atoms with Crippen molar-refractivity contribution in [1.82, 2.24) is 0 Å². The Morgan fingerprint density at radius 3 is 1.96 bits per heavy atom. The summed E-state index contributed by atoms with van der Waals surface area (Å²) in [6.45, 7) is 0. The minimum Gasteiger partial charge on any atom is -0.497 e. The molecule has 0 radical (unpaired) electrons. The smallest absolute Gasteiger partial charge is 0.123 e. The van der Waals surface area contributed by atoms with Gasteiger partial charge in [0.15, 0.2) is 0 Å². The van der Waals surface area contributed by atoms with Gasteiger partial charge in [-0.2, -0.15) is 0 Å². The van der Waals surface area contributed by atoms with Crippen LogP contribution >= 0.6 is 0 Å². The minimum atomic E-state index is 0.0671. The quantitative estimate of drug-likeness (QED) is 0.589. The maximum Gasteiger partial charge on any atom is 0.123 e. The summed E-state index contributed by atoms with van der Waals surface area (Å²) in [5.41, 5.74) is 4.71. The van der Waals surface area contributed by atoms with Crippen molar-refractivity contribution in [2.45, 2.75) is 5.92 Å². The van der Waals surface area contributed by atoms with Crippen LogP contribution in [0.15, 0.2) is 72.8 Å². The largest absolute Gasteiger partial charge is 0.497 e. The van der Waals surface area contributed by atoms with E-state index in [1.54, 1.807) is 14.2 Å². The highest BCUT2D eigenvalue weighted by molar-refractivity contribution is 5.54. The molecule has 0 saturated carbocycles.